The molecule has 1 saturated heterocycles. The number of aliphatic hydroxyl groups excluding tert-OH is 1. The van der Waals surface area contributed by atoms with Crippen LogP contribution in [0.1, 0.15) is 58.9 Å². The second-order valence-corrected chi connectivity index (χ2v) is 8.83. The van der Waals surface area contributed by atoms with Crippen LogP contribution >= 0.6 is 0 Å². The molecule has 0 spiro atoms. The van der Waals surface area contributed by atoms with Crippen molar-refractivity contribution in [2.75, 3.05) is 18.4 Å². The molecule has 1 amide bonds. The van der Waals surface area contributed by atoms with Gasteiger partial charge in [0.2, 0.25) is 5.91 Å². The van der Waals surface area contributed by atoms with Crippen LogP contribution in [0.25, 0.3) is 0 Å². The summed E-state index contributed by atoms with van der Waals surface area (Å²) in [7, 11) is 0. The summed E-state index contributed by atoms with van der Waals surface area (Å²) in [6.07, 6.45) is 2.73. The number of carbonyl (C=O) groups excluding carboxylic acids is 1. The van der Waals surface area contributed by atoms with Crippen molar-refractivity contribution in [2.24, 2.45) is 11.3 Å². The van der Waals surface area contributed by atoms with Crippen LogP contribution in [0.3, 0.4) is 0 Å². The van der Waals surface area contributed by atoms with E-state index in [-0.39, 0.29) is 17.7 Å². The van der Waals surface area contributed by atoms with Gasteiger partial charge in [-0.25, -0.2) is 0 Å². The first-order valence-electron chi connectivity index (χ1n) is 9.50. The van der Waals surface area contributed by atoms with E-state index in [2.05, 4.69) is 50.0 Å². The number of piperidine rings is 1. The maximum Gasteiger partial charge on any atom is 0.226 e. The Morgan fingerprint density at radius 3 is 2.40 bits per heavy atom. The molecule has 0 bridgehead atoms. The molecule has 2 N–H and O–H groups in total. The highest BCUT2D eigenvalue weighted by Gasteiger charge is 2.19. The van der Waals surface area contributed by atoms with Gasteiger partial charge < -0.3 is 10.4 Å². The maximum absolute atomic E-state index is 12.1. The van der Waals surface area contributed by atoms with Crippen LogP contribution in [0.2, 0.25) is 0 Å². The number of anilines is 1. The number of rotatable bonds is 6. The Morgan fingerprint density at radius 1 is 1.24 bits per heavy atom. The number of amides is 1. The van der Waals surface area contributed by atoms with Crippen LogP contribution in [0.15, 0.2) is 24.3 Å². The minimum absolute atomic E-state index is 0.0214. The predicted molar refractivity (Wildman–Crippen MR) is 103 cm³/mol. The van der Waals surface area contributed by atoms with Crippen molar-refractivity contribution in [3.63, 3.8) is 0 Å². The molecule has 4 heteroatoms. The van der Waals surface area contributed by atoms with Crippen molar-refractivity contribution in [3.05, 3.63) is 29.8 Å². The standard InChI is InChI=1S/C21H34N2O2/c1-16-9-11-23(12-10-16)15-17-5-7-18(8-6-17)22-20(25)13-19(24)14-21(2,3)4/h5-8,16,19,24H,9-15H2,1-4H3,(H,22,25). The van der Waals surface area contributed by atoms with Gasteiger partial charge in [0, 0.05) is 12.2 Å². The summed E-state index contributed by atoms with van der Waals surface area (Å²) in [5.41, 5.74) is 2.09. The molecule has 1 heterocycles. The fraction of sp³-hybridized carbons (Fsp3) is 0.667. The molecule has 1 aromatic rings. The fourth-order valence-electron chi connectivity index (χ4n) is 3.38. The molecular formula is C21H34N2O2. The highest BCUT2D eigenvalue weighted by molar-refractivity contribution is 5.90. The van der Waals surface area contributed by atoms with E-state index < -0.39 is 6.10 Å². The van der Waals surface area contributed by atoms with Crippen molar-refractivity contribution in [1.82, 2.24) is 4.90 Å². The smallest absolute Gasteiger partial charge is 0.226 e. The number of nitrogens with zero attached hydrogens (tertiary/aromatic N) is 1. The van der Waals surface area contributed by atoms with Gasteiger partial charge in [-0.2, -0.15) is 0 Å². The average molecular weight is 347 g/mol. The number of hydrogen-bond donors (Lipinski definition) is 2. The third-order valence-corrected chi connectivity index (χ3v) is 4.79. The number of aliphatic hydroxyl groups is 1. The second kappa shape index (κ2) is 8.81. The van der Waals surface area contributed by atoms with E-state index in [9.17, 15) is 9.90 Å². The van der Waals surface area contributed by atoms with E-state index in [1.807, 2.05) is 12.1 Å². The summed E-state index contributed by atoms with van der Waals surface area (Å²) in [4.78, 5) is 14.6. The van der Waals surface area contributed by atoms with E-state index in [0.717, 1.165) is 18.2 Å². The Kier molecular flexibility index (Phi) is 7.03. The molecule has 4 nitrogen and oxygen atoms in total. The second-order valence-electron chi connectivity index (χ2n) is 8.83. The van der Waals surface area contributed by atoms with Gasteiger partial charge in [-0.05, 0) is 61.4 Å². The molecule has 1 fully saturated rings. The lowest BCUT2D eigenvalue weighted by molar-refractivity contribution is -0.118. The molecule has 1 aromatic carbocycles. The molecular weight excluding hydrogens is 312 g/mol. The highest BCUT2D eigenvalue weighted by atomic mass is 16.3. The van der Waals surface area contributed by atoms with Crippen molar-refractivity contribution in [2.45, 2.75) is 66.0 Å². The summed E-state index contributed by atoms with van der Waals surface area (Å²) in [6.45, 7) is 11.8. The van der Waals surface area contributed by atoms with E-state index in [0.29, 0.717) is 6.42 Å². The SMILES string of the molecule is CC1CCN(Cc2ccc(NC(=O)CC(O)CC(C)(C)C)cc2)CC1. The van der Waals surface area contributed by atoms with Crippen molar-refractivity contribution >= 4 is 11.6 Å². The van der Waals surface area contributed by atoms with Crippen molar-refractivity contribution < 1.29 is 9.90 Å². The maximum atomic E-state index is 12.1. The Balaban J connectivity index is 1.78. The summed E-state index contributed by atoms with van der Waals surface area (Å²) in [5.74, 6) is 0.719. The number of benzene rings is 1. The minimum atomic E-state index is -0.597. The first-order valence-corrected chi connectivity index (χ1v) is 9.50. The Labute approximate surface area is 152 Å². The zero-order chi connectivity index (χ0) is 18.4. The van der Waals surface area contributed by atoms with Crippen molar-refractivity contribution in [1.29, 1.82) is 0 Å². The van der Waals surface area contributed by atoms with Gasteiger partial charge in [-0.3, -0.25) is 9.69 Å². The zero-order valence-corrected chi connectivity index (χ0v) is 16.2. The summed E-state index contributed by atoms with van der Waals surface area (Å²) in [6, 6.07) is 8.07. The van der Waals surface area contributed by atoms with E-state index in [4.69, 9.17) is 0 Å². The quantitative estimate of drug-likeness (QED) is 0.817. The van der Waals surface area contributed by atoms with Gasteiger partial charge in [-0.15, -0.1) is 0 Å². The monoisotopic (exact) mass is 346 g/mol. The third kappa shape index (κ3) is 7.57. The van der Waals surface area contributed by atoms with Gasteiger partial charge in [0.15, 0.2) is 0 Å². The molecule has 1 aliphatic rings. The van der Waals surface area contributed by atoms with Crippen LogP contribution in [-0.4, -0.2) is 35.1 Å². The lowest BCUT2D eigenvalue weighted by Crippen LogP contribution is -2.32. The molecule has 25 heavy (non-hydrogen) atoms. The summed E-state index contributed by atoms with van der Waals surface area (Å²) >= 11 is 0. The van der Waals surface area contributed by atoms with E-state index >= 15 is 0 Å². The first-order chi connectivity index (χ1) is 11.7. The van der Waals surface area contributed by atoms with Crippen LogP contribution in [0, 0.1) is 11.3 Å². The van der Waals surface area contributed by atoms with Gasteiger partial charge >= 0.3 is 0 Å². The summed E-state index contributed by atoms with van der Waals surface area (Å²) < 4.78 is 0. The molecule has 0 radical (unpaired) electrons. The lowest BCUT2D eigenvalue weighted by atomic mass is 9.88. The zero-order valence-electron chi connectivity index (χ0n) is 16.2. The van der Waals surface area contributed by atoms with E-state index in [1.54, 1.807) is 0 Å². The van der Waals surface area contributed by atoms with Crippen LogP contribution < -0.4 is 5.32 Å². The fourth-order valence-corrected chi connectivity index (χ4v) is 3.38. The highest BCUT2D eigenvalue weighted by Crippen LogP contribution is 2.22. The average Bonchev–Trinajstić information content (AvgIpc) is 2.49. The Bertz CT molecular complexity index is 540. The molecule has 140 valence electrons. The van der Waals surface area contributed by atoms with Gasteiger partial charge in [0.05, 0.1) is 12.5 Å². The Hall–Kier alpha value is -1.39. The molecule has 2 rings (SSSR count). The molecule has 0 saturated carbocycles. The lowest BCUT2D eigenvalue weighted by Gasteiger charge is -2.30. The number of hydrogen-bond acceptors (Lipinski definition) is 3. The van der Waals surface area contributed by atoms with Crippen LogP contribution in [0.4, 0.5) is 5.69 Å². The number of likely N-dealkylation sites (tertiary alicyclic amines) is 1. The molecule has 0 aromatic heterocycles. The molecule has 1 aliphatic heterocycles. The van der Waals surface area contributed by atoms with Crippen molar-refractivity contribution in [3.8, 4) is 0 Å². The van der Waals surface area contributed by atoms with Gasteiger partial charge in [-0.1, -0.05) is 39.8 Å². The van der Waals surface area contributed by atoms with Crippen LogP contribution in [-0.2, 0) is 11.3 Å². The van der Waals surface area contributed by atoms with Gasteiger partial charge in [0.1, 0.15) is 0 Å². The molecule has 1 atom stereocenters. The largest absolute Gasteiger partial charge is 0.393 e. The summed E-state index contributed by atoms with van der Waals surface area (Å²) in [5, 5.41) is 12.9. The van der Waals surface area contributed by atoms with Gasteiger partial charge in [0.25, 0.3) is 0 Å². The van der Waals surface area contributed by atoms with E-state index in [1.165, 1.54) is 31.5 Å². The normalized spacial score (nSPS) is 18.1. The minimum Gasteiger partial charge on any atom is -0.393 e. The first kappa shape index (κ1) is 19.9. The predicted octanol–water partition coefficient (Wildman–Crippen LogP) is 4.04. The molecule has 1 unspecified atom stereocenters. The third-order valence-electron chi connectivity index (χ3n) is 4.79. The number of nitrogens with one attached hydrogen (secondary N) is 1. The Morgan fingerprint density at radius 2 is 1.84 bits per heavy atom. The van der Waals surface area contributed by atoms with Crippen LogP contribution in [0.5, 0.6) is 0 Å². The molecule has 0 aliphatic carbocycles. The topological polar surface area (TPSA) is 52.6 Å². The number of carbonyl (C=O) groups is 1.